The predicted molar refractivity (Wildman–Crippen MR) is 79.0 cm³/mol. The summed E-state index contributed by atoms with van der Waals surface area (Å²) in [6.45, 7) is 3.10. The van der Waals surface area contributed by atoms with E-state index in [0.29, 0.717) is 0 Å². The van der Waals surface area contributed by atoms with Crippen LogP contribution in [0.25, 0.3) is 0 Å². The number of nitrogens with zero attached hydrogens (tertiary/aromatic N) is 1. The number of aryl methyl sites for hydroxylation is 2. The van der Waals surface area contributed by atoms with Crippen molar-refractivity contribution in [1.29, 1.82) is 0 Å². The fraction of sp³-hybridized carbons (Fsp3) is 0.700. The van der Waals surface area contributed by atoms with E-state index in [-0.39, 0.29) is 0 Å². The third kappa shape index (κ3) is 12.8. The Morgan fingerprint density at radius 3 is 1.78 bits per heavy atom. The molecule has 13 heteroatoms. The Labute approximate surface area is 135 Å². The van der Waals surface area contributed by atoms with Gasteiger partial charge in [-0.25, -0.2) is 0 Å². The average Bonchev–Trinajstić information content (AvgIpc) is 2.77. The zero-order valence-corrected chi connectivity index (χ0v) is 15.8. The van der Waals surface area contributed by atoms with Gasteiger partial charge in [0.05, 0.1) is 5.38 Å². The molecule has 0 amide bonds. The van der Waals surface area contributed by atoms with Crippen LogP contribution in [0.1, 0.15) is 12.1 Å². The molecule has 0 aliphatic rings. The van der Waals surface area contributed by atoms with Gasteiger partial charge in [0.2, 0.25) is 5.51 Å². The maximum atomic E-state index is 9.87. The van der Waals surface area contributed by atoms with Crippen LogP contribution in [0.5, 0.6) is 0 Å². The molecule has 0 atom stereocenters. The molecule has 0 unspecified atom stereocenters. The Morgan fingerprint density at radius 2 is 1.48 bits per heavy atom. The first-order valence-corrected chi connectivity index (χ1v) is 11.2. The van der Waals surface area contributed by atoms with Gasteiger partial charge in [-0.1, -0.05) is 11.3 Å². The van der Waals surface area contributed by atoms with Crippen LogP contribution in [-0.4, -0.2) is 30.1 Å². The van der Waals surface area contributed by atoms with Gasteiger partial charge in [0.1, 0.15) is 6.54 Å². The quantitative estimate of drug-likeness (QED) is 0.276. The van der Waals surface area contributed by atoms with Crippen LogP contribution in [0.15, 0.2) is 10.9 Å². The average molecular weight is 407 g/mol. The molecule has 0 aliphatic heterocycles. The number of halogens is 6. The summed E-state index contributed by atoms with van der Waals surface area (Å²) in [6.07, 6.45) is 1.00. The van der Waals surface area contributed by atoms with Gasteiger partial charge in [0.15, 0.2) is 5.69 Å². The van der Waals surface area contributed by atoms with E-state index in [9.17, 15) is 25.2 Å². The summed E-state index contributed by atoms with van der Waals surface area (Å²) >= 11 is 1.72. The zero-order valence-electron chi connectivity index (χ0n) is 13.1. The molecule has 4 nitrogen and oxygen atoms in total. The van der Waals surface area contributed by atoms with Crippen molar-refractivity contribution >= 4 is 27.9 Å². The van der Waals surface area contributed by atoms with Gasteiger partial charge in [0.25, 0.3) is 0 Å². The molecule has 0 fully saturated rings. The maximum absolute atomic E-state index is 10.7. The molecule has 0 N–H and O–H groups in total. The Hall–Kier alpha value is -0.263. The van der Waals surface area contributed by atoms with Gasteiger partial charge in [0, 0.05) is 40.7 Å². The first kappa shape index (κ1) is 22.7. The minimum atomic E-state index is -10.7. The van der Waals surface area contributed by atoms with Crippen molar-refractivity contribution in [2.24, 2.45) is 0 Å². The van der Waals surface area contributed by atoms with Crippen molar-refractivity contribution in [3.8, 4) is 0 Å². The van der Waals surface area contributed by atoms with Crippen molar-refractivity contribution in [2.45, 2.75) is 25.9 Å². The van der Waals surface area contributed by atoms with Gasteiger partial charge < -0.3 is 13.3 Å². The summed E-state index contributed by atoms with van der Waals surface area (Å²) in [6, 6.07) is 0.846. The summed E-state index contributed by atoms with van der Waals surface area (Å²) in [5.41, 5.74) is 3.43. The van der Waals surface area contributed by atoms with Crippen LogP contribution in [0.2, 0.25) is 6.04 Å². The fourth-order valence-electron chi connectivity index (χ4n) is 1.60. The topological polar surface area (TPSA) is 31.6 Å². The summed E-state index contributed by atoms with van der Waals surface area (Å²) in [4.78, 5) is 0. The second-order valence-corrected chi connectivity index (χ2v) is 10.3. The van der Waals surface area contributed by atoms with Gasteiger partial charge in [-0.05, 0) is 0 Å². The van der Waals surface area contributed by atoms with Crippen molar-refractivity contribution in [3.05, 3.63) is 16.6 Å². The van der Waals surface area contributed by atoms with E-state index >= 15 is 0 Å². The van der Waals surface area contributed by atoms with E-state index in [1.54, 1.807) is 32.7 Å². The molecule has 0 spiro atoms. The van der Waals surface area contributed by atoms with E-state index in [0.717, 1.165) is 19.0 Å². The van der Waals surface area contributed by atoms with E-state index in [2.05, 4.69) is 22.4 Å². The predicted octanol–water partition coefficient (Wildman–Crippen LogP) is 4.99. The Kier molecular flexibility index (Phi) is 7.24. The van der Waals surface area contributed by atoms with Crippen LogP contribution < -0.4 is 4.57 Å². The molecule has 140 valence electrons. The summed E-state index contributed by atoms with van der Waals surface area (Å²) in [7, 11) is -8.07. The van der Waals surface area contributed by atoms with E-state index in [4.69, 9.17) is 13.3 Å². The Morgan fingerprint density at radius 1 is 1.04 bits per heavy atom. The standard InChI is InChI=1S/C10H20NO3SSi.F6P/c1-10-8-15-9-11(10)6-5-7-16(12-2,13-3)14-4;1-7(2,3,4,5)6/h8-9H,5-7H2,1-4H3;/q+1;-1. The Balaban J connectivity index is 0.000000585. The number of aromatic nitrogens is 1. The van der Waals surface area contributed by atoms with E-state index in [1.807, 2.05) is 0 Å². The molecule has 0 saturated heterocycles. The monoisotopic (exact) mass is 407 g/mol. The third-order valence-electron chi connectivity index (χ3n) is 2.69. The number of thiazole rings is 1. The normalized spacial score (nSPS) is 15.4. The molecule has 23 heavy (non-hydrogen) atoms. The number of rotatable bonds is 7. The number of hydrogen-bond donors (Lipinski definition) is 0. The molecule has 0 aliphatic carbocycles. The van der Waals surface area contributed by atoms with E-state index < -0.39 is 16.6 Å². The van der Waals surface area contributed by atoms with Gasteiger partial charge in [-0.2, -0.15) is 4.57 Å². The van der Waals surface area contributed by atoms with Crippen molar-refractivity contribution in [3.63, 3.8) is 0 Å². The first-order valence-electron chi connectivity index (χ1n) is 6.26. The summed E-state index contributed by atoms with van der Waals surface area (Å²) < 4.78 is 77.6. The second-order valence-electron chi connectivity index (χ2n) is 4.55. The molecule has 0 saturated carbocycles. The van der Waals surface area contributed by atoms with Gasteiger partial charge in [-0.15, -0.1) is 0 Å². The number of hydrogen-bond acceptors (Lipinski definition) is 4. The van der Waals surface area contributed by atoms with E-state index in [1.165, 1.54) is 5.69 Å². The van der Waals surface area contributed by atoms with Crippen LogP contribution in [0, 0.1) is 6.92 Å². The van der Waals surface area contributed by atoms with Gasteiger partial charge >= 0.3 is 41.8 Å². The molecule has 1 heterocycles. The molecule has 0 radical (unpaired) electrons. The fourth-order valence-corrected chi connectivity index (χ4v) is 4.12. The van der Waals surface area contributed by atoms with Gasteiger partial charge in [-0.3, -0.25) is 0 Å². The molecular formula is C10H20F6NO3PSSi. The van der Waals surface area contributed by atoms with Crippen LogP contribution in [0.3, 0.4) is 0 Å². The van der Waals surface area contributed by atoms with Crippen molar-refractivity contribution in [1.82, 2.24) is 0 Å². The molecular weight excluding hydrogens is 387 g/mol. The van der Waals surface area contributed by atoms with Crippen molar-refractivity contribution < 1.29 is 43.0 Å². The van der Waals surface area contributed by atoms with Crippen LogP contribution in [0.4, 0.5) is 25.2 Å². The second kappa shape index (κ2) is 7.32. The summed E-state index contributed by atoms with van der Waals surface area (Å²) in [5.74, 6) is 0. The third-order valence-corrected chi connectivity index (χ3v) is 6.38. The molecule has 0 bridgehead atoms. The summed E-state index contributed by atoms with van der Waals surface area (Å²) in [5, 5.41) is 2.15. The Bertz CT molecular complexity index is 474. The zero-order chi connectivity index (χ0) is 18.4. The molecule has 1 aromatic heterocycles. The minimum absolute atomic E-state index is 0.846. The first-order chi connectivity index (χ1) is 10.1. The SMILES string of the molecule is CO[Si](CCC[n+]1cscc1C)(OC)OC.F[P-](F)(F)(F)(F)F. The molecule has 1 rings (SSSR count). The molecule has 1 aromatic rings. The van der Waals surface area contributed by atoms with Crippen molar-refractivity contribution in [2.75, 3.05) is 21.3 Å². The van der Waals surface area contributed by atoms with Crippen LogP contribution in [-0.2, 0) is 19.8 Å². The molecule has 0 aromatic carbocycles. The van der Waals surface area contributed by atoms with Crippen LogP contribution >= 0.6 is 19.1 Å².